The maximum Gasteiger partial charge on any atom is 0.358 e. The van der Waals surface area contributed by atoms with Crippen molar-refractivity contribution >= 4 is 5.97 Å². The Labute approximate surface area is 113 Å². The van der Waals surface area contributed by atoms with Gasteiger partial charge in [-0.2, -0.15) is 0 Å². The van der Waals surface area contributed by atoms with Gasteiger partial charge in [0.2, 0.25) is 0 Å². The van der Waals surface area contributed by atoms with Gasteiger partial charge in [-0.05, 0) is 6.07 Å². The van der Waals surface area contributed by atoms with Crippen LogP contribution in [0.4, 0.5) is 0 Å². The number of aromatic carboxylic acids is 1. The van der Waals surface area contributed by atoms with Gasteiger partial charge in [-0.15, -0.1) is 5.10 Å². The molecule has 3 rings (SSSR count). The van der Waals surface area contributed by atoms with E-state index >= 15 is 0 Å². The van der Waals surface area contributed by atoms with Crippen LogP contribution in [0, 0.1) is 0 Å². The zero-order valence-corrected chi connectivity index (χ0v) is 10.6. The van der Waals surface area contributed by atoms with Gasteiger partial charge in [-0.25, -0.2) is 14.5 Å². The maximum absolute atomic E-state index is 11.3. The van der Waals surface area contributed by atoms with E-state index in [1.54, 1.807) is 42.7 Å². The summed E-state index contributed by atoms with van der Waals surface area (Å²) < 4.78 is 8.24. The standard InChI is InChI=1S/C12H11N5O3/c1-16-7-13-4-9(16)11-10(12(18)19)14-15-17(11)5-8-2-3-20-6-8/h2-4,6-7H,5H2,1H3,(H,18,19). The molecule has 0 radical (unpaired) electrons. The zero-order chi connectivity index (χ0) is 14.1. The van der Waals surface area contributed by atoms with Crippen molar-refractivity contribution in [2.75, 3.05) is 0 Å². The molecule has 3 heterocycles. The monoisotopic (exact) mass is 273 g/mol. The Kier molecular flexibility index (Phi) is 2.82. The lowest BCUT2D eigenvalue weighted by Gasteiger charge is -2.06. The molecule has 0 aliphatic carbocycles. The van der Waals surface area contributed by atoms with Crippen LogP contribution in [-0.4, -0.2) is 35.6 Å². The van der Waals surface area contributed by atoms with E-state index in [1.165, 1.54) is 4.68 Å². The molecule has 8 heteroatoms. The van der Waals surface area contributed by atoms with E-state index in [0.29, 0.717) is 17.9 Å². The first-order valence-corrected chi connectivity index (χ1v) is 5.81. The van der Waals surface area contributed by atoms with Crippen molar-refractivity contribution in [3.63, 3.8) is 0 Å². The molecule has 0 fully saturated rings. The minimum Gasteiger partial charge on any atom is -0.476 e. The van der Waals surface area contributed by atoms with Gasteiger partial charge in [0.05, 0.1) is 37.3 Å². The van der Waals surface area contributed by atoms with Gasteiger partial charge in [0.25, 0.3) is 0 Å². The van der Waals surface area contributed by atoms with E-state index < -0.39 is 5.97 Å². The summed E-state index contributed by atoms with van der Waals surface area (Å²) in [6.07, 6.45) is 6.30. The summed E-state index contributed by atoms with van der Waals surface area (Å²) in [4.78, 5) is 15.3. The topological polar surface area (TPSA) is 99.0 Å². The van der Waals surface area contributed by atoms with Crippen molar-refractivity contribution in [3.8, 4) is 11.4 Å². The Balaban J connectivity index is 2.11. The van der Waals surface area contributed by atoms with Crippen LogP contribution in [0.3, 0.4) is 0 Å². The molecule has 8 nitrogen and oxygen atoms in total. The Morgan fingerprint density at radius 3 is 2.95 bits per heavy atom. The Morgan fingerprint density at radius 2 is 2.35 bits per heavy atom. The number of aryl methyl sites for hydroxylation is 1. The first-order valence-electron chi connectivity index (χ1n) is 5.81. The third-order valence-electron chi connectivity index (χ3n) is 2.91. The predicted octanol–water partition coefficient (Wildman–Crippen LogP) is 1.02. The van der Waals surface area contributed by atoms with Crippen LogP contribution in [-0.2, 0) is 13.6 Å². The normalized spacial score (nSPS) is 10.8. The number of hydrogen-bond acceptors (Lipinski definition) is 5. The summed E-state index contributed by atoms with van der Waals surface area (Å²) in [7, 11) is 1.78. The Morgan fingerprint density at radius 1 is 1.50 bits per heavy atom. The lowest BCUT2D eigenvalue weighted by molar-refractivity contribution is 0.0691. The van der Waals surface area contributed by atoms with E-state index in [2.05, 4.69) is 15.3 Å². The van der Waals surface area contributed by atoms with Crippen molar-refractivity contribution in [1.82, 2.24) is 24.5 Å². The summed E-state index contributed by atoms with van der Waals surface area (Å²) in [6.45, 7) is 0.372. The number of aromatic nitrogens is 5. The molecule has 0 saturated heterocycles. The van der Waals surface area contributed by atoms with Gasteiger partial charge in [-0.1, -0.05) is 5.21 Å². The highest BCUT2D eigenvalue weighted by atomic mass is 16.4. The van der Waals surface area contributed by atoms with Crippen molar-refractivity contribution in [2.24, 2.45) is 7.05 Å². The smallest absolute Gasteiger partial charge is 0.358 e. The molecule has 20 heavy (non-hydrogen) atoms. The quantitative estimate of drug-likeness (QED) is 0.761. The second kappa shape index (κ2) is 4.65. The molecule has 0 atom stereocenters. The molecule has 0 aliphatic heterocycles. The minimum absolute atomic E-state index is 0.0999. The van der Waals surface area contributed by atoms with Crippen LogP contribution in [0.5, 0.6) is 0 Å². The fraction of sp³-hybridized carbons (Fsp3) is 0.167. The van der Waals surface area contributed by atoms with Gasteiger partial charge >= 0.3 is 5.97 Å². The number of carboxylic acid groups (broad SMARTS) is 1. The zero-order valence-electron chi connectivity index (χ0n) is 10.6. The van der Waals surface area contributed by atoms with Crippen molar-refractivity contribution in [2.45, 2.75) is 6.54 Å². The summed E-state index contributed by atoms with van der Waals surface area (Å²) in [5, 5.41) is 16.9. The second-order valence-corrected chi connectivity index (χ2v) is 4.27. The van der Waals surface area contributed by atoms with Gasteiger partial charge in [0, 0.05) is 12.6 Å². The molecule has 3 aromatic rings. The first-order chi connectivity index (χ1) is 9.66. The molecule has 0 aliphatic rings. The number of imidazole rings is 1. The Bertz CT molecular complexity index is 741. The van der Waals surface area contributed by atoms with Crippen molar-refractivity contribution in [1.29, 1.82) is 0 Å². The summed E-state index contributed by atoms with van der Waals surface area (Å²) in [5.41, 5.74) is 1.82. The van der Waals surface area contributed by atoms with E-state index in [0.717, 1.165) is 5.56 Å². The number of carboxylic acids is 1. The lowest BCUT2D eigenvalue weighted by Crippen LogP contribution is -2.07. The minimum atomic E-state index is -1.13. The SMILES string of the molecule is Cn1cncc1-c1c(C(=O)O)nnn1Cc1ccoc1. The van der Waals surface area contributed by atoms with E-state index in [1.807, 2.05) is 0 Å². The maximum atomic E-state index is 11.3. The number of hydrogen-bond donors (Lipinski definition) is 1. The predicted molar refractivity (Wildman–Crippen MR) is 67.0 cm³/mol. The molecule has 0 aromatic carbocycles. The molecule has 0 bridgehead atoms. The average Bonchev–Trinajstić information content (AvgIpc) is 3.10. The highest BCUT2D eigenvalue weighted by molar-refractivity contribution is 5.92. The fourth-order valence-corrected chi connectivity index (χ4v) is 1.96. The van der Waals surface area contributed by atoms with Crippen LogP contribution in [0.15, 0.2) is 35.5 Å². The van der Waals surface area contributed by atoms with Gasteiger partial charge in [0.1, 0.15) is 5.69 Å². The molecule has 0 spiro atoms. The molecule has 1 N–H and O–H groups in total. The van der Waals surface area contributed by atoms with E-state index in [-0.39, 0.29) is 5.69 Å². The molecule has 0 saturated carbocycles. The number of carbonyl (C=O) groups is 1. The second-order valence-electron chi connectivity index (χ2n) is 4.27. The Hall–Kier alpha value is -2.90. The molecule has 102 valence electrons. The third kappa shape index (κ3) is 1.96. The lowest BCUT2D eigenvalue weighted by atomic mass is 10.2. The van der Waals surface area contributed by atoms with Crippen molar-refractivity contribution < 1.29 is 14.3 Å². The molecule has 0 amide bonds. The highest BCUT2D eigenvalue weighted by Gasteiger charge is 2.22. The summed E-state index contributed by atoms with van der Waals surface area (Å²) in [6, 6.07) is 1.79. The van der Waals surface area contributed by atoms with Gasteiger partial charge < -0.3 is 14.1 Å². The van der Waals surface area contributed by atoms with Crippen LogP contribution in [0.25, 0.3) is 11.4 Å². The largest absolute Gasteiger partial charge is 0.476 e. The number of rotatable bonds is 4. The number of furan rings is 1. The molecule has 3 aromatic heterocycles. The summed E-state index contributed by atoms with van der Waals surface area (Å²) in [5.74, 6) is -1.13. The van der Waals surface area contributed by atoms with Crippen LogP contribution in [0.2, 0.25) is 0 Å². The molecular formula is C12H11N5O3. The van der Waals surface area contributed by atoms with E-state index in [9.17, 15) is 9.90 Å². The first kappa shape index (κ1) is 12.2. The van der Waals surface area contributed by atoms with Crippen LogP contribution in [0.1, 0.15) is 16.1 Å². The number of nitrogens with zero attached hydrogens (tertiary/aromatic N) is 5. The average molecular weight is 273 g/mol. The molecular weight excluding hydrogens is 262 g/mol. The van der Waals surface area contributed by atoms with Crippen LogP contribution >= 0.6 is 0 Å². The highest BCUT2D eigenvalue weighted by Crippen LogP contribution is 2.22. The van der Waals surface area contributed by atoms with E-state index in [4.69, 9.17) is 4.42 Å². The summed E-state index contributed by atoms with van der Waals surface area (Å²) >= 11 is 0. The van der Waals surface area contributed by atoms with Gasteiger partial charge in [0.15, 0.2) is 5.69 Å². The van der Waals surface area contributed by atoms with Crippen molar-refractivity contribution in [3.05, 3.63) is 42.4 Å². The molecule has 0 unspecified atom stereocenters. The van der Waals surface area contributed by atoms with Crippen LogP contribution < -0.4 is 0 Å². The fourth-order valence-electron chi connectivity index (χ4n) is 1.96. The van der Waals surface area contributed by atoms with Gasteiger partial charge in [-0.3, -0.25) is 0 Å². The third-order valence-corrected chi connectivity index (χ3v) is 2.91.